The van der Waals surface area contributed by atoms with Crippen molar-refractivity contribution in [3.8, 4) is 5.75 Å². The summed E-state index contributed by atoms with van der Waals surface area (Å²) < 4.78 is 5.09. The van der Waals surface area contributed by atoms with Crippen molar-refractivity contribution >= 4 is 46.7 Å². The number of nitrogens with zero attached hydrogens (tertiary/aromatic N) is 1. The van der Waals surface area contributed by atoms with Crippen LogP contribution in [0.1, 0.15) is 12.0 Å². The number of aliphatic hydroxyl groups is 1. The molecular formula is C18H20N2O5S2. The molecule has 9 heteroatoms. The molecule has 0 aliphatic carbocycles. The van der Waals surface area contributed by atoms with Gasteiger partial charge in [-0.3, -0.25) is 19.3 Å². The molecule has 2 saturated heterocycles. The number of ether oxygens (including phenoxy) is 1. The number of imide groups is 1. The number of nitrogens with one attached hydrogen (secondary N) is 1. The topological polar surface area (TPSA) is 95.9 Å². The van der Waals surface area contributed by atoms with Crippen LogP contribution in [0, 0.1) is 0 Å². The van der Waals surface area contributed by atoms with Crippen LogP contribution in [0.5, 0.6) is 5.75 Å². The van der Waals surface area contributed by atoms with Gasteiger partial charge in [-0.15, -0.1) is 0 Å². The number of benzene rings is 1. The van der Waals surface area contributed by atoms with E-state index >= 15 is 0 Å². The number of hydrogen-bond acceptors (Lipinski definition) is 7. The lowest BCUT2D eigenvalue weighted by Gasteiger charge is -2.17. The van der Waals surface area contributed by atoms with Gasteiger partial charge in [-0.2, -0.15) is 11.8 Å². The SMILES string of the molecule is COc1ccc(C=C2SC(=O)N(CCC(=O)N[C@@H]3CSC[C@@H]3O)C2=O)cc1. The Balaban J connectivity index is 1.57. The molecule has 2 heterocycles. The van der Waals surface area contributed by atoms with E-state index in [-0.39, 0.29) is 30.2 Å². The third-order valence-electron chi connectivity index (χ3n) is 4.25. The zero-order chi connectivity index (χ0) is 19.4. The second kappa shape index (κ2) is 8.81. The van der Waals surface area contributed by atoms with E-state index in [4.69, 9.17) is 4.74 Å². The lowest BCUT2D eigenvalue weighted by Crippen LogP contribution is -2.43. The summed E-state index contributed by atoms with van der Waals surface area (Å²) >= 11 is 2.44. The van der Waals surface area contributed by atoms with Gasteiger partial charge in [0.2, 0.25) is 5.91 Å². The minimum Gasteiger partial charge on any atom is -0.497 e. The van der Waals surface area contributed by atoms with Crippen LogP contribution in [-0.4, -0.2) is 64.4 Å². The summed E-state index contributed by atoms with van der Waals surface area (Å²) in [6, 6.07) is 6.87. The lowest BCUT2D eigenvalue weighted by molar-refractivity contribution is -0.124. The van der Waals surface area contributed by atoms with Crippen molar-refractivity contribution in [1.29, 1.82) is 0 Å². The van der Waals surface area contributed by atoms with Crippen molar-refractivity contribution < 1.29 is 24.2 Å². The molecule has 144 valence electrons. The minimum absolute atomic E-state index is 0.0156. The summed E-state index contributed by atoms with van der Waals surface area (Å²) in [6.07, 6.45) is 1.11. The second-order valence-electron chi connectivity index (χ2n) is 6.14. The highest BCUT2D eigenvalue weighted by atomic mass is 32.2. The van der Waals surface area contributed by atoms with Gasteiger partial charge in [-0.1, -0.05) is 12.1 Å². The normalized spacial score (nSPS) is 23.9. The molecule has 3 amide bonds. The maximum Gasteiger partial charge on any atom is 0.293 e. The largest absolute Gasteiger partial charge is 0.497 e. The van der Waals surface area contributed by atoms with E-state index in [0.29, 0.717) is 22.2 Å². The Bertz CT molecular complexity index is 766. The van der Waals surface area contributed by atoms with Gasteiger partial charge in [0.15, 0.2) is 0 Å². The second-order valence-corrected chi connectivity index (χ2v) is 8.20. The first-order valence-electron chi connectivity index (χ1n) is 8.42. The fourth-order valence-corrected chi connectivity index (χ4v) is 4.75. The molecule has 0 spiro atoms. The molecule has 0 bridgehead atoms. The van der Waals surface area contributed by atoms with Gasteiger partial charge in [0, 0.05) is 24.5 Å². The van der Waals surface area contributed by atoms with Crippen molar-refractivity contribution in [2.45, 2.75) is 18.6 Å². The van der Waals surface area contributed by atoms with Crippen LogP contribution in [0.2, 0.25) is 0 Å². The first-order valence-corrected chi connectivity index (χ1v) is 10.4. The minimum atomic E-state index is -0.552. The average molecular weight is 409 g/mol. The molecule has 0 unspecified atom stereocenters. The number of amides is 3. The number of methoxy groups -OCH3 is 1. The lowest BCUT2D eigenvalue weighted by atomic mass is 10.2. The molecule has 27 heavy (non-hydrogen) atoms. The molecule has 3 rings (SSSR count). The standard InChI is InChI=1S/C18H20N2O5S2/c1-25-12-4-2-11(3-5-12)8-15-17(23)20(18(24)27-15)7-6-16(22)19-13-9-26-10-14(13)21/h2-5,8,13-14,21H,6-7,9-10H2,1H3,(H,19,22)/t13-,14+/m1/s1. The maximum atomic E-state index is 12.5. The summed E-state index contributed by atoms with van der Waals surface area (Å²) in [5, 5.41) is 12.1. The van der Waals surface area contributed by atoms with Gasteiger partial charge in [0.25, 0.3) is 11.1 Å². The summed E-state index contributed by atoms with van der Waals surface area (Å²) in [6.45, 7) is 0.0202. The highest BCUT2D eigenvalue weighted by Crippen LogP contribution is 2.32. The highest BCUT2D eigenvalue weighted by molar-refractivity contribution is 8.18. The molecule has 2 atom stereocenters. The summed E-state index contributed by atoms with van der Waals surface area (Å²) in [5.74, 6) is 1.30. The van der Waals surface area contributed by atoms with E-state index < -0.39 is 12.0 Å². The number of hydrogen-bond donors (Lipinski definition) is 2. The van der Waals surface area contributed by atoms with Crippen LogP contribution < -0.4 is 10.1 Å². The first kappa shape index (κ1) is 19.8. The number of aliphatic hydroxyl groups excluding tert-OH is 1. The molecule has 1 aromatic carbocycles. The van der Waals surface area contributed by atoms with E-state index in [9.17, 15) is 19.5 Å². The van der Waals surface area contributed by atoms with Crippen LogP contribution in [-0.2, 0) is 9.59 Å². The summed E-state index contributed by atoms with van der Waals surface area (Å²) in [5.41, 5.74) is 0.784. The van der Waals surface area contributed by atoms with E-state index in [1.165, 1.54) is 0 Å². The van der Waals surface area contributed by atoms with Gasteiger partial charge in [-0.05, 0) is 35.5 Å². The Labute approximate surface area is 165 Å². The van der Waals surface area contributed by atoms with Gasteiger partial charge < -0.3 is 15.2 Å². The molecule has 0 radical (unpaired) electrons. The van der Waals surface area contributed by atoms with E-state index in [2.05, 4.69) is 5.32 Å². The van der Waals surface area contributed by atoms with E-state index in [1.807, 2.05) is 0 Å². The van der Waals surface area contributed by atoms with Crippen molar-refractivity contribution in [3.05, 3.63) is 34.7 Å². The predicted molar refractivity (Wildman–Crippen MR) is 106 cm³/mol. The highest BCUT2D eigenvalue weighted by Gasteiger charge is 2.35. The molecule has 7 nitrogen and oxygen atoms in total. The van der Waals surface area contributed by atoms with Crippen molar-refractivity contribution in [2.24, 2.45) is 0 Å². The molecular weight excluding hydrogens is 388 g/mol. The maximum absolute atomic E-state index is 12.5. The molecule has 2 N–H and O–H groups in total. The number of carbonyl (C=O) groups excluding carboxylic acids is 3. The number of rotatable bonds is 6. The van der Waals surface area contributed by atoms with Gasteiger partial charge in [0.1, 0.15) is 5.75 Å². The molecule has 2 aliphatic heterocycles. The van der Waals surface area contributed by atoms with Crippen LogP contribution in [0.15, 0.2) is 29.2 Å². The smallest absolute Gasteiger partial charge is 0.293 e. The Morgan fingerprint density at radius 1 is 1.33 bits per heavy atom. The summed E-state index contributed by atoms with van der Waals surface area (Å²) in [4.78, 5) is 38.0. The van der Waals surface area contributed by atoms with E-state index in [1.54, 1.807) is 49.2 Å². The Kier molecular flexibility index (Phi) is 6.46. The zero-order valence-corrected chi connectivity index (χ0v) is 16.3. The van der Waals surface area contributed by atoms with E-state index in [0.717, 1.165) is 22.2 Å². The Morgan fingerprint density at radius 2 is 2.07 bits per heavy atom. The van der Waals surface area contributed by atoms with Crippen molar-refractivity contribution in [2.75, 3.05) is 25.2 Å². The van der Waals surface area contributed by atoms with Crippen molar-refractivity contribution in [1.82, 2.24) is 10.2 Å². The molecule has 1 aromatic rings. The fraction of sp³-hybridized carbons (Fsp3) is 0.389. The average Bonchev–Trinajstić information content (AvgIpc) is 3.17. The fourth-order valence-electron chi connectivity index (χ4n) is 2.72. The first-order chi connectivity index (χ1) is 13.0. The third kappa shape index (κ3) is 4.85. The Hall–Kier alpha value is -1.97. The van der Waals surface area contributed by atoms with Gasteiger partial charge in [0.05, 0.1) is 24.2 Å². The van der Waals surface area contributed by atoms with Crippen LogP contribution >= 0.6 is 23.5 Å². The number of carbonyl (C=O) groups is 3. The zero-order valence-electron chi connectivity index (χ0n) is 14.7. The molecule has 0 aromatic heterocycles. The molecule has 2 aliphatic rings. The van der Waals surface area contributed by atoms with Gasteiger partial charge >= 0.3 is 0 Å². The monoisotopic (exact) mass is 408 g/mol. The predicted octanol–water partition coefficient (Wildman–Crippen LogP) is 1.71. The van der Waals surface area contributed by atoms with Crippen LogP contribution in [0.4, 0.5) is 4.79 Å². The quantitative estimate of drug-likeness (QED) is 0.692. The van der Waals surface area contributed by atoms with Crippen molar-refractivity contribution in [3.63, 3.8) is 0 Å². The Morgan fingerprint density at radius 3 is 2.70 bits per heavy atom. The third-order valence-corrected chi connectivity index (χ3v) is 6.33. The molecule has 2 fully saturated rings. The van der Waals surface area contributed by atoms with Gasteiger partial charge in [-0.25, -0.2) is 0 Å². The molecule has 0 saturated carbocycles. The summed E-state index contributed by atoms with van der Waals surface area (Å²) in [7, 11) is 1.57. The van der Waals surface area contributed by atoms with Crippen LogP contribution in [0.25, 0.3) is 6.08 Å². The number of thioether (sulfide) groups is 2. The van der Waals surface area contributed by atoms with Crippen LogP contribution in [0.3, 0.4) is 0 Å².